The SMILES string of the molecule is CCN(CC)CCNC(=O)c1ccc(Cl)cc1SSc1cc(Cl)ccc1C(=O)NCCN(CC)CC. The highest BCUT2D eigenvalue weighted by Gasteiger charge is 2.17. The Bertz CT molecular complexity index is 922. The van der Waals surface area contributed by atoms with E-state index in [0.717, 1.165) is 49.1 Å². The van der Waals surface area contributed by atoms with Crippen LogP contribution in [-0.2, 0) is 0 Å². The molecule has 0 aliphatic heterocycles. The molecule has 2 N–H and O–H groups in total. The second-order valence-electron chi connectivity index (χ2n) is 8.01. The molecule has 2 amide bonds. The number of carbonyl (C=O) groups is 2. The van der Waals surface area contributed by atoms with Crippen LogP contribution in [0.1, 0.15) is 48.4 Å². The van der Waals surface area contributed by atoms with Crippen LogP contribution in [0, 0.1) is 0 Å². The summed E-state index contributed by atoms with van der Waals surface area (Å²) in [6.07, 6.45) is 0. The predicted octanol–water partition coefficient (Wildman–Crippen LogP) is 5.94. The van der Waals surface area contributed by atoms with Crippen LogP contribution in [0.25, 0.3) is 0 Å². The zero-order valence-corrected chi connectivity index (χ0v) is 24.5. The smallest absolute Gasteiger partial charge is 0.252 e. The third-order valence-electron chi connectivity index (χ3n) is 5.81. The summed E-state index contributed by atoms with van der Waals surface area (Å²) in [5.74, 6) is -0.301. The summed E-state index contributed by atoms with van der Waals surface area (Å²) in [6.45, 7) is 14.9. The Labute approximate surface area is 233 Å². The van der Waals surface area contributed by atoms with Crippen molar-refractivity contribution in [2.24, 2.45) is 0 Å². The van der Waals surface area contributed by atoms with Gasteiger partial charge in [-0.3, -0.25) is 9.59 Å². The maximum absolute atomic E-state index is 12.9. The number of halogens is 2. The molecule has 36 heavy (non-hydrogen) atoms. The van der Waals surface area contributed by atoms with Crippen LogP contribution in [0.4, 0.5) is 0 Å². The Kier molecular flexibility index (Phi) is 14.1. The lowest BCUT2D eigenvalue weighted by atomic mass is 10.2. The lowest BCUT2D eigenvalue weighted by molar-refractivity contribution is 0.0938. The third-order valence-corrected chi connectivity index (χ3v) is 8.73. The van der Waals surface area contributed by atoms with Gasteiger partial charge in [-0.15, -0.1) is 0 Å². The molecule has 2 aromatic carbocycles. The predicted molar refractivity (Wildman–Crippen MR) is 155 cm³/mol. The molecule has 0 aliphatic rings. The third kappa shape index (κ3) is 9.80. The molecule has 2 rings (SSSR count). The van der Waals surface area contributed by atoms with Crippen LogP contribution in [0.5, 0.6) is 0 Å². The fourth-order valence-electron chi connectivity index (χ4n) is 3.52. The number of carbonyl (C=O) groups excluding carboxylic acids is 2. The number of nitrogens with one attached hydrogen (secondary N) is 2. The standard InChI is InChI=1S/C26H36Cl2N4O2S2/c1-5-31(6-2)15-13-29-25(33)21-11-9-19(27)17-23(21)35-36-24-18-20(28)10-12-22(24)26(34)30-14-16-32(7-3)8-4/h9-12,17-18H,5-8,13-16H2,1-4H3,(H,29,33)(H,30,34). The summed E-state index contributed by atoms with van der Waals surface area (Å²) in [7, 11) is 2.76. The fourth-order valence-corrected chi connectivity index (χ4v) is 6.39. The van der Waals surface area contributed by atoms with Crippen LogP contribution < -0.4 is 10.6 Å². The van der Waals surface area contributed by atoms with Crippen molar-refractivity contribution in [3.8, 4) is 0 Å². The zero-order valence-electron chi connectivity index (χ0n) is 21.4. The molecule has 0 heterocycles. The molecule has 0 radical (unpaired) electrons. The second-order valence-corrected chi connectivity index (χ2v) is 11.1. The highest BCUT2D eigenvalue weighted by atomic mass is 35.5. The van der Waals surface area contributed by atoms with E-state index in [1.807, 2.05) is 0 Å². The van der Waals surface area contributed by atoms with E-state index in [1.165, 1.54) is 21.6 Å². The Hall–Kier alpha value is -1.42. The van der Waals surface area contributed by atoms with Gasteiger partial charge in [-0.1, -0.05) is 72.5 Å². The maximum atomic E-state index is 12.9. The van der Waals surface area contributed by atoms with E-state index in [1.54, 1.807) is 36.4 Å². The second kappa shape index (κ2) is 16.4. The first-order valence-electron chi connectivity index (χ1n) is 12.3. The Morgan fingerprint density at radius 3 is 1.39 bits per heavy atom. The van der Waals surface area contributed by atoms with E-state index in [9.17, 15) is 9.59 Å². The first-order valence-corrected chi connectivity index (χ1v) is 15.2. The molecule has 10 heteroatoms. The molecule has 6 nitrogen and oxygen atoms in total. The van der Waals surface area contributed by atoms with Gasteiger partial charge in [0.15, 0.2) is 0 Å². The minimum atomic E-state index is -0.151. The van der Waals surface area contributed by atoms with Crippen LogP contribution >= 0.6 is 44.8 Å². The van der Waals surface area contributed by atoms with Gasteiger partial charge in [-0.2, -0.15) is 0 Å². The summed E-state index contributed by atoms with van der Waals surface area (Å²) in [4.78, 5) is 31.8. The van der Waals surface area contributed by atoms with Crippen LogP contribution in [-0.4, -0.2) is 74.0 Å². The summed E-state index contributed by atoms with van der Waals surface area (Å²) in [5.41, 5.74) is 1.09. The number of likely N-dealkylation sites (N-methyl/N-ethyl adjacent to an activating group) is 2. The molecule has 0 saturated heterocycles. The molecule has 0 aromatic heterocycles. The largest absolute Gasteiger partial charge is 0.351 e. The van der Waals surface area contributed by atoms with Gasteiger partial charge in [-0.25, -0.2) is 0 Å². The molecule has 0 saturated carbocycles. The number of amides is 2. The highest BCUT2D eigenvalue weighted by Crippen LogP contribution is 2.42. The molecule has 2 aromatic rings. The van der Waals surface area contributed by atoms with E-state index in [0.29, 0.717) is 34.3 Å². The minimum absolute atomic E-state index is 0.151. The van der Waals surface area contributed by atoms with Crippen molar-refractivity contribution in [1.29, 1.82) is 0 Å². The van der Waals surface area contributed by atoms with Crippen molar-refractivity contribution in [1.82, 2.24) is 20.4 Å². The van der Waals surface area contributed by atoms with Gasteiger partial charge in [0.05, 0.1) is 11.1 Å². The Morgan fingerprint density at radius 2 is 1.06 bits per heavy atom. The van der Waals surface area contributed by atoms with Gasteiger partial charge < -0.3 is 20.4 Å². The summed E-state index contributed by atoms with van der Waals surface area (Å²) in [5, 5.41) is 7.08. The van der Waals surface area contributed by atoms with Gasteiger partial charge >= 0.3 is 0 Å². The maximum Gasteiger partial charge on any atom is 0.252 e. The monoisotopic (exact) mass is 570 g/mol. The molecular formula is C26H36Cl2N4O2S2. The van der Waals surface area contributed by atoms with Crippen molar-refractivity contribution < 1.29 is 9.59 Å². The number of benzene rings is 2. The summed E-state index contributed by atoms with van der Waals surface area (Å²) >= 11 is 12.5. The van der Waals surface area contributed by atoms with Gasteiger partial charge in [0, 0.05) is 46.0 Å². The molecular weight excluding hydrogens is 535 g/mol. The van der Waals surface area contributed by atoms with Crippen molar-refractivity contribution >= 4 is 56.6 Å². The Balaban J connectivity index is 2.11. The lowest BCUT2D eigenvalue weighted by Crippen LogP contribution is -2.35. The first kappa shape index (κ1) is 30.8. The minimum Gasteiger partial charge on any atom is -0.351 e. The van der Waals surface area contributed by atoms with Gasteiger partial charge in [0.1, 0.15) is 0 Å². The Morgan fingerprint density at radius 1 is 0.694 bits per heavy atom. The quantitative estimate of drug-likeness (QED) is 0.258. The number of hydrogen-bond donors (Lipinski definition) is 2. The van der Waals surface area contributed by atoms with Gasteiger partial charge in [-0.05, 0) is 62.6 Å². The molecule has 0 aliphatic carbocycles. The van der Waals surface area contributed by atoms with Gasteiger partial charge in [0.25, 0.3) is 11.8 Å². The van der Waals surface area contributed by atoms with Crippen LogP contribution in [0.15, 0.2) is 46.2 Å². The summed E-state index contributed by atoms with van der Waals surface area (Å²) < 4.78 is 0. The van der Waals surface area contributed by atoms with Crippen LogP contribution in [0.3, 0.4) is 0 Å². The van der Waals surface area contributed by atoms with Crippen molar-refractivity contribution in [3.63, 3.8) is 0 Å². The van der Waals surface area contributed by atoms with Crippen molar-refractivity contribution in [3.05, 3.63) is 57.6 Å². The van der Waals surface area contributed by atoms with E-state index in [4.69, 9.17) is 23.2 Å². The highest BCUT2D eigenvalue weighted by molar-refractivity contribution is 8.76. The topological polar surface area (TPSA) is 64.7 Å². The average molecular weight is 572 g/mol. The lowest BCUT2D eigenvalue weighted by Gasteiger charge is -2.18. The number of nitrogens with zero attached hydrogens (tertiary/aromatic N) is 2. The number of hydrogen-bond acceptors (Lipinski definition) is 6. The average Bonchev–Trinajstić information content (AvgIpc) is 2.87. The number of rotatable bonds is 15. The molecule has 0 fully saturated rings. The van der Waals surface area contributed by atoms with E-state index in [-0.39, 0.29) is 11.8 Å². The van der Waals surface area contributed by atoms with Crippen LogP contribution in [0.2, 0.25) is 10.0 Å². The zero-order chi connectivity index (χ0) is 26.5. The molecule has 0 unspecified atom stereocenters. The van der Waals surface area contributed by atoms with E-state index >= 15 is 0 Å². The molecule has 0 spiro atoms. The van der Waals surface area contributed by atoms with Crippen molar-refractivity contribution in [2.45, 2.75) is 37.5 Å². The molecule has 0 atom stereocenters. The van der Waals surface area contributed by atoms with E-state index < -0.39 is 0 Å². The van der Waals surface area contributed by atoms with Gasteiger partial charge in [0.2, 0.25) is 0 Å². The summed E-state index contributed by atoms with van der Waals surface area (Å²) in [6, 6.07) is 10.4. The fraction of sp³-hybridized carbons (Fsp3) is 0.462. The molecule has 198 valence electrons. The normalized spacial score (nSPS) is 11.2. The molecule has 0 bridgehead atoms. The first-order chi connectivity index (χ1) is 17.3. The van der Waals surface area contributed by atoms with E-state index in [2.05, 4.69) is 48.1 Å². The van der Waals surface area contributed by atoms with Crippen molar-refractivity contribution in [2.75, 3.05) is 52.4 Å².